The molecular formula is C49H49N7O7. The molecule has 0 aliphatic carbocycles. The third-order valence-corrected chi connectivity index (χ3v) is 11.9. The van der Waals surface area contributed by atoms with Gasteiger partial charge in [-0.1, -0.05) is 54.6 Å². The summed E-state index contributed by atoms with van der Waals surface area (Å²) in [5, 5.41) is 2.22. The molecule has 0 bridgehead atoms. The molecule has 5 heterocycles. The highest BCUT2D eigenvalue weighted by molar-refractivity contribution is 6.24. The lowest BCUT2D eigenvalue weighted by Gasteiger charge is -2.34. The van der Waals surface area contributed by atoms with Crippen LogP contribution < -0.4 is 5.32 Å². The Labute approximate surface area is 365 Å². The normalized spacial score (nSPS) is 16.6. The van der Waals surface area contributed by atoms with E-state index in [0.717, 1.165) is 58.0 Å². The molecule has 1 unspecified atom stereocenters. The predicted octanol–water partition coefficient (Wildman–Crippen LogP) is 4.95. The number of imide groups is 2. The van der Waals surface area contributed by atoms with Crippen molar-refractivity contribution in [2.45, 2.75) is 64.5 Å². The molecule has 8 rings (SSSR count). The molecular weight excluding hydrogens is 799 g/mol. The monoisotopic (exact) mass is 847 g/mol. The highest BCUT2D eigenvalue weighted by Gasteiger charge is 2.45. The molecule has 5 amide bonds. The number of amides is 5. The van der Waals surface area contributed by atoms with E-state index in [1.54, 1.807) is 36.8 Å². The number of ketones is 1. The number of benzene rings is 3. The van der Waals surface area contributed by atoms with E-state index in [9.17, 15) is 28.8 Å². The molecule has 322 valence electrons. The van der Waals surface area contributed by atoms with Crippen LogP contribution in [0.25, 0.3) is 11.3 Å². The van der Waals surface area contributed by atoms with Crippen molar-refractivity contribution in [1.29, 1.82) is 0 Å². The van der Waals surface area contributed by atoms with Gasteiger partial charge in [0.15, 0.2) is 5.78 Å². The average Bonchev–Trinajstić information content (AvgIpc) is 3.55. The number of hydrogen-bond donors (Lipinski definition) is 1. The molecule has 14 nitrogen and oxygen atoms in total. The molecule has 0 radical (unpaired) electrons. The number of nitrogens with zero attached hydrogens (tertiary/aromatic N) is 6. The second kappa shape index (κ2) is 19.5. The first-order valence-corrected chi connectivity index (χ1v) is 21.5. The number of pyridine rings is 1. The van der Waals surface area contributed by atoms with Crippen LogP contribution in [0.5, 0.6) is 0 Å². The van der Waals surface area contributed by atoms with Gasteiger partial charge in [0.2, 0.25) is 17.7 Å². The SMILES string of the molecule is Cc1ccc(CC(=O)c2ccc(CN3CCN(C(=O)CCOCCCc4cccc5c4C(=O)N(C4CCC(=O)NC4=O)C5=O)CC3)cc2)cc1Cc1nccc(-c2cccnc2)n1. The number of hydrogen-bond acceptors (Lipinski definition) is 11. The average molecular weight is 848 g/mol. The van der Waals surface area contributed by atoms with Crippen LogP contribution in [0, 0.1) is 6.92 Å². The minimum Gasteiger partial charge on any atom is -0.381 e. The highest BCUT2D eigenvalue weighted by atomic mass is 16.5. The standard InChI is InChI=1S/C49H49N7O7/c1-32-9-10-34(27-38(32)29-43-51-20-17-40(52-43)37-6-3-19-50-30-37)28-42(57)35-13-11-33(12-14-35)31-54-21-23-55(24-22-54)45(59)18-26-63-25-4-7-36-5-2-8-39-46(36)49(62)56(48(39)61)41-15-16-44(58)53-47(41)60/h2-3,5-6,8-14,17,19-20,27,30,41H,4,7,15-16,18,21-26,28-29,31H2,1H3,(H,53,58,60). The molecule has 5 aromatic rings. The van der Waals surface area contributed by atoms with E-state index >= 15 is 0 Å². The predicted molar refractivity (Wildman–Crippen MR) is 232 cm³/mol. The number of Topliss-reactive ketones (excluding diaryl/α,β-unsaturated/α-hetero) is 1. The molecule has 3 aliphatic heterocycles. The third kappa shape index (κ3) is 10.1. The van der Waals surface area contributed by atoms with Crippen molar-refractivity contribution in [2.24, 2.45) is 0 Å². The van der Waals surface area contributed by atoms with Crippen molar-refractivity contribution in [3.8, 4) is 11.3 Å². The van der Waals surface area contributed by atoms with Gasteiger partial charge in [-0.2, -0.15) is 0 Å². The van der Waals surface area contributed by atoms with Gasteiger partial charge in [-0.3, -0.25) is 48.9 Å². The van der Waals surface area contributed by atoms with Crippen LogP contribution in [-0.4, -0.2) is 110 Å². The number of fused-ring (bicyclic) bond motifs is 1. The molecule has 63 heavy (non-hydrogen) atoms. The quantitative estimate of drug-likeness (QED) is 0.0810. The van der Waals surface area contributed by atoms with Crippen molar-refractivity contribution in [1.82, 2.24) is 35.0 Å². The molecule has 0 saturated carbocycles. The lowest BCUT2D eigenvalue weighted by atomic mass is 9.97. The molecule has 3 aliphatic rings. The number of ether oxygens (including phenoxy) is 1. The fourth-order valence-electron chi connectivity index (χ4n) is 8.43. The Morgan fingerprint density at radius 3 is 2.43 bits per heavy atom. The van der Waals surface area contributed by atoms with Crippen LogP contribution in [0.3, 0.4) is 0 Å². The van der Waals surface area contributed by atoms with Gasteiger partial charge in [0.1, 0.15) is 11.9 Å². The Morgan fingerprint density at radius 2 is 1.65 bits per heavy atom. The molecule has 2 aromatic heterocycles. The summed E-state index contributed by atoms with van der Waals surface area (Å²) in [4.78, 5) is 95.5. The molecule has 2 saturated heterocycles. The second-order valence-electron chi connectivity index (χ2n) is 16.2. The van der Waals surface area contributed by atoms with Crippen LogP contribution >= 0.6 is 0 Å². The Hall–Kier alpha value is -6.77. The van der Waals surface area contributed by atoms with Crippen LogP contribution in [0.1, 0.15) is 90.4 Å². The van der Waals surface area contributed by atoms with Gasteiger partial charge in [-0.15, -0.1) is 0 Å². The molecule has 1 N–H and O–H groups in total. The first-order valence-electron chi connectivity index (χ1n) is 21.5. The maximum Gasteiger partial charge on any atom is 0.262 e. The van der Waals surface area contributed by atoms with Crippen molar-refractivity contribution >= 4 is 35.3 Å². The summed E-state index contributed by atoms with van der Waals surface area (Å²) in [5.74, 6) is -1.30. The number of carbonyl (C=O) groups is 6. The van der Waals surface area contributed by atoms with E-state index in [0.29, 0.717) is 67.9 Å². The van der Waals surface area contributed by atoms with Crippen LogP contribution in [0.4, 0.5) is 0 Å². The largest absolute Gasteiger partial charge is 0.381 e. The Bertz CT molecular complexity index is 2540. The third-order valence-electron chi connectivity index (χ3n) is 11.9. The zero-order chi connectivity index (χ0) is 43.9. The van der Waals surface area contributed by atoms with Crippen LogP contribution in [0.15, 0.2) is 97.5 Å². The fourth-order valence-corrected chi connectivity index (χ4v) is 8.43. The number of aryl methyl sites for hydroxylation is 2. The maximum absolute atomic E-state index is 13.4. The second-order valence-corrected chi connectivity index (χ2v) is 16.2. The van der Waals surface area contributed by atoms with Crippen molar-refractivity contribution in [2.75, 3.05) is 39.4 Å². The molecule has 3 aromatic carbocycles. The van der Waals surface area contributed by atoms with Gasteiger partial charge in [0.05, 0.1) is 29.8 Å². The van der Waals surface area contributed by atoms with E-state index in [1.165, 1.54) is 0 Å². The smallest absolute Gasteiger partial charge is 0.262 e. The Kier molecular flexibility index (Phi) is 13.3. The molecule has 1 atom stereocenters. The van der Waals surface area contributed by atoms with E-state index in [2.05, 4.69) is 33.2 Å². The first-order chi connectivity index (χ1) is 30.6. The minimum atomic E-state index is -1.01. The van der Waals surface area contributed by atoms with Crippen molar-refractivity contribution in [3.05, 3.63) is 148 Å². The Morgan fingerprint density at radius 1 is 0.841 bits per heavy atom. The zero-order valence-electron chi connectivity index (χ0n) is 35.3. The summed E-state index contributed by atoms with van der Waals surface area (Å²) in [5.41, 5.74) is 7.92. The van der Waals surface area contributed by atoms with E-state index in [4.69, 9.17) is 9.72 Å². The molecule has 14 heteroatoms. The van der Waals surface area contributed by atoms with E-state index in [1.807, 2.05) is 59.5 Å². The fraction of sp³-hybridized carbons (Fsp3) is 0.327. The van der Waals surface area contributed by atoms with Crippen molar-refractivity contribution < 1.29 is 33.5 Å². The lowest BCUT2D eigenvalue weighted by Crippen LogP contribution is -2.54. The lowest BCUT2D eigenvalue weighted by molar-refractivity contribution is -0.136. The van der Waals surface area contributed by atoms with Crippen molar-refractivity contribution in [3.63, 3.8) is 0 Å². The van der Waals surface area contributed by atoms with Gasteiger partial charge in [0, 0.05) is 88.3 Å². The summed E-state index contributed by atoms with van der Waals surface area (Å²) in [6.07, 6.45) is 7.63. The zero-order valence-corrected chi connectivity index (χ0v) is 35.3. The van der Waals surface area contributed by atoms with E-state index < -0.39 is 29.7 Å². The number of aromatic nitrogens is 3. The number of piperidine rings is 1. The van der Waals surface area contributed by atoms with Crippen LogP contribution in [0.2, 0.25) is 0 Å². The number of nitrogens with one attached hydrogen (secondary N) is 1. The number of rotatable bonds is 16. The summed E-state index contributed by atoms with van der Waals surface area (Å²) in [7, 11) is 0. The first kappa shape index (κ1) is 42.9. The van der Waals surface area contributed by atoms with Gasteiger partial charge in [-0.25, -0.2) is 9.97 Å². The summed E-state index contributed by atoms with van der Waals surface area (Å²) in [6, 6.07) is 23.8. The topological polar surface area (TPSA) is 172 Å². The van der Waals surface area contributed by atoms with Gasteiger partial charge >= 0.3 is 0 Å². The van der Waals surface area contributed by atoms with Gasteiger partial charge in [0.25, 0.3) is 11.8 Å². The minimum absolute atomic E-state index is 0.0418. The van der Waals surface area contributed by atoms with Gasteiger partial charge in [-0.05, 0) is 78.3 Å². The number of piperazine rings is 1. The Balaban J connectivity index is 0.739. The highest BCUT2D eigenvalue weighted by Crippen LogP contribution is 2.30. The summed E-state index contributed by atoms with van der Waals surface area (Å²) < 4.78 is 5.80. The maximum atomic E-state index is 13.4. The summed E-state index contributed by atoms with van der Waals surface area (Å²) >= 11 is 0. The number of carbonyl (C=O) groups excluding carboxylic acids is 6. The van der Waals surface area contributed by atoms with Crippen LogP contribution in [-0.2, 0) is 44.9 Å². The molecule has 2 fully saturated rings. The molecule has 0 spiro atoms. The summed E-state index contributed by atoms with van der Waals surface area (Å²) in [6.45, 7) is 6.17. The van der Waals surface area contributed by atoms with E-state index in [-0.39, 0.29) is 43.1 Å². The van der Waals surface area contributed by atoms with Gasteiger partial charge < -0.3 is 9.64 Å².